The lowest BCUT2D eigenvalue weighted by Crippen LogP contribution is -2.63. The molecule has 1 atom stereocenters. The minimum absolute atomic E-state index is 0.0435. The van der Waals surface area contributed by atoms with Crippen LogP contribution in [0.15, 0.2) is 53.4 Å². The Morgan fingerprint density at radius 1 is 1.03 bits per heavy atom. The van der Waals surface area contributed by atoms with Gasteiger partial charge in [-0.15, -0.1) is 0 Å². The summed E-state index contributed by atoms with van der Waals surface area (Å²) in [7, 11) is -4.60. The molecule has 0 saturated heterocycles. The molecule has 39 heavy (non-hydrogen) atoms. The van der Waals surface area contributed by atoms with Crippen molar-refractivity contribution in [2.75, 3.05) is 19.9 Å². The number of primary amides is 1. The van der Waals surface area contributed by atoms with Gasteiger partial charge in [0.05, 0.1) is 17.9 Å². The second kappa shape index (κ2) is 13.9. The van der Waals surface area contributed by atoms with Gasteiger partial charge in [0, 0.05) is 12.5 Å². The summed E-state index contributed by atoms with van der Waals surface area (Å²) in [6.07, 6.45) is -1.69. The Morgan fingerprint density at radius 3 is 2.18 bits per heavy atom. The lowest BCUT2D eigenvalue weighted by Gasteiger charge is -2.38. The number of benzene rings is 2. The van der Waals surface area contributed by atoms with Crippen molar-refractivity contribution in [3.05, 3.63) is 59.9 Å². The number of carbonyl (C=O) groups is 3. The van der Waals surface area contributed by atoms with Gasteiger partial charge in [-0.25, -0.2) is 17.6 Å². The highest BCUT2D eigenvalue weighted by Crippen LogP contribution is 2.30. The van der Waals surface area contributed by atoms with E-state index in [4.69, 9.17) is 15.2 Å². The van der Waals surface area contributed by atoms with E-state index in [2.05, 4.69) is 9.47 Å². The van der Waals surface area contributed by atoms with Crippen LogP contribution in [0.25, 0.3) is 0 Å². The summed E-state index contributed by atoms with van der Waals surface area (Å²) >= 11 is 0. The van der Waals surface area contributed by atoms with Crippen molar-refractivity contribution in [2.45, 2.75) is 44.4 Å². The summed E-state index contributed by atoms with van der Waals surface area (Å²) in [6.45, 7) is 2.97. The van der Waals surface area contributed by atoms with Crippen LogP contribution in [0.2, 0.25) is 0 Å². The molecule has 0 aromatic heterocycles. The van der Waals surface area contributed by atoms with E-state index in [-0.39, 0.29) is 18.1 Å². The quantitative estimate of drug-likeness (QED) is 0.254. The number of sulfonamides is 1. The molecule has 2 aromatic carbocycles. The normalized spacial score (nSPS) is 13.0. The molecule has 14 heteroatoms. The van der Waals surface area contributed by atoms with Crippen molar-refractivity contribution in [2.24, 2.45) is 11.7 Å². The molecule has 0 heterocycles. The summed E-state index contributed by atoms with van der Waals surface area (Å²) in [5.41, 5.74) is 3.38. The Hall–Kier alpha value is -3.75. The molecule has 2 rings (SSSR count). The van der Waals surface area contributed by atoms with Crippen LogP contribution in [-0.2, 0) is 40.4 Å². The first kappa shape index (κ1) is 31.5. The maximum atomic E-state index is 13.5. The number of halogens is 1. The van der Waals surface area contributed by atoms with Crippen molar-refractivity contribution in [3.8, 4) is 5.75 Å². The van der Waals surface area contributed by atoms with Gasteiger partial charge in [0.25, 0.3) is 5.91 Å². The van der Waals surface area contributed by atoms with Crippen molar-refractivity contribution in [1.29, 1.82) is 0 Å². The summed E-state index contributed by atoms with van der Waals surface area (Å²) < 4.78 is 59.9. The van der Waals surface area contributed by atoms with Crippen LogP contribution in [-0.4, -0.2) is 61.5 Å². The molecule has 2 aromatic rings. The van der Waals surface area contributed by atoms with E-state index in [1.54, 1.807) is 6.92 Å². The zero-order valence-electron chi connectivity index (χ0n) is 21.7. The predicted octanol–water partition coefficient (Wildman–Crippen LogP) is 2.29. The molecule has 1 unspecified atom stereocenters. The van der Waals surface area contributed by atoms with E-state index in [1.807, 2.05) is 0 Å². The molecule has 0 aliphatic rings. The van der Waals surface area contributed by atoms with Gasteiger partial charge in [0.1, 0.15) is 18.2 Å². The van der Waals surface area contributed by atoms with Gasteiger partial charge in [-0.05, 0) is 48.9 Å². The molecule has 0 radical (unpaired) electrons. The third kappa shape index (κ3) is 8.37. The maximum Gasteiger partial charge on any atom is 0.511 e. The fourth-order valence-electron chi connectivity index (χ4n) is 3.32. The standard InChI is InChI=1S/C25H31FN2O10S/c1-4-35-24(31)38-16-37-22(29)13-14-28(25(32,17(2)3)23(27)30)39(33,34)21-11-9-20(10-12-21)36-15-18-5-7-19(26)8-6-18/h5-12,17,32H,4,13-16H2,1-3H3,(H2,27,30). The molecular weight excluding hydrogens is 539 g/mol. The zero-order chi connectivity index (χ0) is 29.2. The van der Waals surface area contributed by atoms with Crippen LogP contribution in [0, 0.1) is 11.7 Å². The van der Waals surface area contributed by atoms with Crippen molar-refractivity contribution >= 4 is 28.1 Å². The van der Waals surface area contributed by atoms with Gasteiger partial charge in [-0.2, -0.15) is 4.31 Å². The van der Waals surface area contributed by atoms with Gasteiger partial charge in [-0.3, -0.25) is 9.59 Å². The third-order valence-electron chi connectivity index (χ3n) is 5.46. The summed E-state index contributed by atoms with van der Waals surface area (Å²) in [6, 6.07) is 10.7. The number of hydrogen-bond donors (Lipinski definition) is 2. The van der Waals surface area contributed by atoms with Gasteiger partial charge in [0.2, 0.25) is 22.5 Å². The van der Waals surface area contributed by atoms with Crippen molar-refractivity contribution < 1.29 is 51.2 Å². The number of rotatable bonds is 14. The molecule has 0 aliphatic heterocycles. The zero-order valence-corrected chi connectivity index (χ0v) is 22.5. The third-order valence-corrected chi connectivity index (χ3v) is 7.37. The average Bonchev–Trinajstić information content (AvgIpc) is 2.88. The fourth-order valence-corrected chi connectivity index (χ4v) is 5.05. The lowest BCUT2D eigenvalue weighted by atomic mass is 9.99. The molecule has 0 fully saturated rings. The van der Waals surface area contributed by atoms with E-state index < -0.39 is 65.3 Å². The lowest BCUT2D eigenvalue weighted by molar-refractivity contribution is -0.162. The van der Waals surface area contributed by atoms with Gasteiger partial charge < -0.3 is 29.8 Å². The molecule has 0 aliphatic carbocycles. The van der Waals surface area contributed by atoms with Crippen molar-refractivity contribution in [1.82, 2.24) is 4.31 Å². The Morgan fingerprint density at radius 2 is 1.64 bits per heavy atom. The van der Waals surface area contributed by atoms with Crippen LogP contribution in [0.1, 0.15) is 32.8 Å². The summed E-state index contributed by atoms with van der Waals surface area (Å²) in [4.78, 5) is 35.3. The number of esters is 1. The second-order valence-corrected chi connectivity index (χ2v) is 10.3. The maximum absolute atomic E-state index is 13.5. The summed E-state index contributed by atoms with van der Waals surface area (Å²) in [5.74, 6) is -3.44. The smallest absolute Gasteiger partial charge is 0.489 e. The molecule has 0 spiro atoms. The number of amides is 1. The summed E-state index contributed by atoms with van der Waals surface area (Å²) in [5, 5.41) is 11.1. The highest BCUT2D eigenvalue weighted by atomic mass is 32.2. The van der Waals surface area contributed by atoms with Crippen LogP contribution in [0.5, 0.6) is 5.75 Å². The number of ether oxygens (including phenoxy) is 4. The van der Waals surface area contributed by atoms with E-state index >= 15 is 0 Å². The molecular formula is C25H31FN2O10S. The SMILES string of the molecule is CCOC(=O)OCOC(=O)CCN(C(O)(C(N)=O)C(C)C)S(=O)(=O)c1ccc(OCc2ccc(F)cc2)cc1. The largest absolute Gasteiger partial charge is 0.511 e. The number of aliphatic hydroxyl groups is 1. The topological polar surface area (TPSA) is 172 Å². The molecule has 0 bridgehead atoms. The number of carbonyl (C=O) groups excluding carboxylic acids is 3. The van der Waals surface area contributed by atoms with E-state index in [0.29, 0.717) is 15.6 Å². The molecule has 0 saturated carbocycles. The van der Waals surface area contributed by atoms with E-state index in [9.17, 15) is 32.3 Å². The Balaban J connectivity index is 2.21. The minimum Gasteiger partial charge on any atom is -0.489 e. The monoisotopic (exact) mass is 570 g/mol. The number of nitrogens with two attached hydrogens (primary N) is 1. The second-order valence-electron chi connectivity index (χ2n) is 8.42. The predicted molar refractivity (Wildman–Crippen MR) is 134 cm³/mol. The fraction of sp³-hybridized carbons (Fsp3) is 0.400. The van der Waals surface area contributed by atoms with Crippen LogP contribution >= 0.6 is 0 Å². The minimum atomic E-state index is -4.60. The Kier molecular flexibility index (Phi) is 11.2. The first-order valence-corrected chi connectivity index (χ1v) is 13.2. The van der Waals surface area contributed by atoms with Gasteiger partial charge in [-0.1, -0.05) is 26.0 Å². The Labute approximate surface area is 225 Å². The highest BCUT2D eigenvalue weighted by Gasteiger charge is 2.50. The van der Waals surface area contributed by atoms with Crippen LogP contribution < -0.4 is 10.5 Å². The van der Waals surface area contributed by atoms with Gasteiger partial charge in [0.15, 0.2) is 0 Å². The van der Waals surface area contributed by atoms with Crippen LogP contribution in [0.3, 0.4) is 0 Å². The highest BCUT2D eigenvalue weighted by molar-refractivity contribution is 7.89. The van der Waals surface area contributed by atoms with E-state index in [1.165, 1.54) is 62.4 Å². The molecule has 12 nitrogen and oxygen atoms in total. The van der Waals surface area contributed by atoms with Crippen molar-refractivity contribution in [3.63, 3.8) is 0 Å². The molecule has 3 N–H and O–H groups in total. The Bertz CT molecular complexity index is 1240. The first-order chi connectivity index (χ1) is 18.3. The first-order valence-electron chi connectivity index (χ1n) is 11.8. The average molecular weight is 571 g/mol. The van der Waals surface area contributed by atoms with Crippen LogP contribution in [0.4, 0.5) is 9.18 Å². The van der Waals surface area contributed by atoms with E-state index in [0.717, 1.165) is 0 Å². The number of hydrogen-bond acceptors (Lipinski definition) is 10. The van der Waals surface area contributed by atoms with Gasteiger partial charge >= 0.3 is 12.1 Å². The number of nitrogens with zero attached hydrogens (tertiary/aromatic N) is 1. The molecule has 214 valence electrons. The molecule has 1 amide bonds.